The molecule has 0 amide bonds. The minimum Gasteiger partial charge on any atom is -0.300 e. The van der Waals surface area contributed by atoms with Gasteiger partial charge >= 0.3 is 0 Å². The van der Waals surface area contributed by atoms with Crippen LogP contribution in [-0.2, 0) is 0 Å². The Morgan fingerprint density at radius 2 is 1.37 bits per heavy atom. The molecule has 0 aromatic heterocycles. The predicted octanol–water partition coefficient (Wildman–Crippen LogP) is 6.48. The van der Waals surface area contributed by atoms with Crippen molar-refractivity contribution in [1.29, 1.82) is 0 Å². The molecule has 0 aliphatic carbocycles. The average Bonchev–Trinajstić information content (AvgIpc) is 2.67. The van der Waals surface area contributed by atoms with Crippen LogP contribution in [0, 0.1) is 32.6 Å². The molecule has 0 atom stereocenters. The van der Waals surface area contributed by atoms with Crippen molar-refractivity contribution in [2.24, 2.45) is 11.8 Å². The third-order valence-electron chi connectivity index (χ3n) is 6.28. The molecule has 2 aliphatic rings. The molecule has 0 N–H and O–H groups in total. The number of hydrogen-bond acceptors (Lipinski definition) is 3. The van der Waals surface area contributed by atoms with Gasteiger partial charge in [0.1, 0.15) is 0 Å². The molecule has 3 rings (SSSR count). The Kier molecular flexibility index (Phi) is 9.18. The second-order valence-electron chi connectivity index (χ2n) is 8.60. The fourth-order valence-corrected chi connectivity index (χ4v) is 5.75. The molecule has 0 spiro atoms. The van der Waals surface area contributed by atoms with E-state index in [1.165, 1.54) is 73.4 Å². The average molecular weight is 391 g/mol. The second kappa shape index (κ2) is 10.9. The van der Waals surface area contributed by atoms with Gasteiger partial charge in [0.2, 0.25) is 0 Å². The van der Waals surface area contributed by atoms with Crippen molar-refractivity contribution in [1.82, 2.24) is 9.21 Å². The van der Waals surface area contributed by atoms with Gasteiger partial charge in [-0.2, -0.15) is 0 Å². The van der Waals surface area contributed by atoms with Crippen molar-refractivity contribution in [3.8, 4) is 0 Å². The first kappa shape index (κ1) is 22.8. The minimum atomic E-state index is 0.824. The third kappa shape index (κ3) is 6.24. The highest BCUT2D eigenvalue weighted by Gasteiger charge is 2.29. The van der Waals surface area contributed by atoms with Crippen LogP contribution in [0.25, 0.3) is 0 Å². The minimum absolute atomic E-state index is 0.824. The van der Waals surface area contributed by atoms with Gasteiger partial charge in [0.05, 0.1) is 0 Å². The number of nitrogens with zero attached hydrogens (tertiary/aromatic N) is 2. The van der Waals surface area contributed by atoms with Gasteiger partial charge in [-0.3, -0.25) is 0 Å². The number of piperidine rings is 2. The van der Waals surface area contributed by atoms with Crippen molar-refractivity contribution in [2.45, 2.75) is 85.1 Å². The number of benzene rings is 1. The van der Waals surface area contributed by atoms with E-state index in [1.54, 1.807) is 0 Å². The summed E-state index contributed by atoms with van der Waals surface area (Å²) in [6, 6.07) is 5.47. The van der Waals surface area contributed by atoms with E-state index in [4.69, 9.17) is 0 Å². The third-order valence-corrected chi connectivity index (χ3v) is 7.73. The van der Waals surface area contributed by atoms with Gasteiger partial charge in [0.25, 0.3) is 0 Å². The second-order valence-corrected chi connectivity index (χ2v) is 9.70. The van der Waals surface area contributed by atoms with Gasteiger partial charge in [-0.1, -0.05) is 45.4 Å². The molecule has 2 saturated heterocycles. The smallest absolute Gasteiger partial charge is 0.0288 e. The van der Waals surface area contributed by atoms with Crippen molar-refractivity contribution in [2.75, 3.05) is 26.2 Å². The summed E-state index contributed by atoms with van der Waals surface area (Å²) in [6.45, 7) is 20.6. The SMILES string of the molecule is CC.Cc1cc(C)c(SN2CCC(N3CCC(C(C)C)CC3)CC2)c(C)c1. The molecule has 2 nitrogen and oxygen atoms in total. The molecule has 0 saturated carbocycles. The summed E-state index contributed by atoms with van der Waals surface area (Å²) in [7, 11) is 0. The van der Waals surface area contributed by atoms with E-state index in [2.05, 4.69) is 56.0 Å². The van der Waals surface area contributed by atoms with Gasteiger partial charge < -0.3 is 4.90 Å². The molecule has 154 valence electrons. The number of hydrogen-bond donors (Lipinski definition) is 0. The monoisotopic (exact) mass is 390 g/mol. The van der Waals surface area contributed by atoms with Crippen LogP contribution < -0.4 is 0 Å². The van der Waals surface area contributed by atoms with Crippen LogP contribution in [0.5, 0.6) is 0 Å². The lowest BCUT2D eigenvalue weighted by atomic mass is 9.85. The Bertz CT molecular complexity index is 545. The van der Waals surface area contributed by atoms with E-state index >= 15 is 0 Å². The van der Waals surface area contributed by atoms with Crippen LogP contribution in [0.1, 0.15) is 70.1 Å². The maximum atomic E-state index is 2.79. The molecule has 1 aromatic rings. The van der Waals surface area contributed by atoms with Gasteiger partial charge in [-0.25, -0.2) is 4.31 Å². The first-order chi connectivity index (χ1) is 12.9. The number of rotatable bonds is 4. The molecule has 27 heavy (non-hydrogen) atoms. The summed E-state index contributed by atoms with van der Waals surface area (Å²) in [4.78, 5) is 4.27. The maximum Gasteiger partial charge on any atom is 0.0288 e. The first-order valence-electron chi connectivity index (χ1n) is 11.2. The maximum absolute atomic E-state index is 2.79. The zero-order valence-corrected chi connectivity index (χ0v) is 19.7. The Hall–Kier alpha value is -0.510. The predicted molar refractivity (Wildman–Crippen MR) is 122 cm³/mol. The molecule has 0 bridgehead atoms. The molecular weight excluding hydrogens is 348 g/mol. The van der Waals surface area contributed by atoms with E-state index < -0.39 is 0 Å². The lowest BCUT2D eigenvalue weighted by molar-refractivity contribution is 0.0871. The van der Waals surface area contributed by atoms with Crippen LogP contribution in [0.2, 0.25) is 0 Å². The fraction of sp³-hybridized carbons (Fsp3) is 0.750. The molecule has 1 aromatic carbocycles. The van der Waals surface area contributed by atoms with Gasteiger partial charge in [-0.05, 0) is 94.5 Å². The normalized spacial score (nSPS) is 20.6. The van der Waals surface area contributed by atoms with Crippen LogP contribution >= 0.6 is 11.9 Å². The van der Waals surface area contributed by atoms with Gasteiger partial charge in [-0.15, -0.1) is 0 Å². The van der Waals surface area contributed by atoms with E-state index in [9.17, 15) is 0 Å². The van der Waals surface area contributed by atoms with Crippen molar-refractivity contribution >= 4 is 11.9 Å². The van der Waals surface area contributed by atoms with Crippen molar-refractivity contribution in [3.63, 3.8) is 0 Å². The van der Waals surface area contributed by atoms with Gasteiger partial charge in [0, 0.05) is 24.0 Å². The highest BCUT2D eigenvalue weighted by molar-refractivity contribution is 7.97. The molecule has 2 aliphatic heterocycles. The van der Waals surface area contributed by atoms with Crippen LogP contribution in [0.15, 0.2) is 17.0 Å². The van der Waals surface area contributed by atoms with Crippen LogP contribution in [0.3, 0.4) is 0 Å². The molecule has 2 heterocycles. The van der Waals surface area contributed by atoms with Gasteiger partial charge in [0.15, 0.2) is 0 Å². The molecule has 2 fully saturated rings. The summed E-state index contributed by atoms with van der Waals surface area (Å²) in [5, 5.41) is 0. The number of aryl methyl sites for hydroxylation is 3. The Morgan fingerprint density at radius 3 is 1.85 bits per heavy atom. The van der Waals surface area contributed by atoms with Crippen molar-refractivity contribution < 1.29 is 0 Å². The summed E-state index contributed by atoms with van der Waals surface area (Å²) in [5.74, 6) is 1.82. The van der Waals surface area contributed by atoms with Crippen molar-refractivity contribution in [3.05, 3.63) is 28.8 Å². The Balaban J connectivity index is 0.00000126. The summed E-state index contributed by atoms with van der Waals surface area (Å²) >= 11 is 1.99. The van der Waals surface area contributed by atoms with Crippen LogP contribution in [-0.4, -0.2) is 41.4 Å². The zero-order valence-electron chi connectivity index (χ0n) is 18.8. The highest BCUT2D eigenvalue weighted by Crippen LogP contribution is 2.34. The number of likely N-dealkylation sites (tertiary alicyclic amines) is 1. The van der Waals surface area contributed by atoms with E-state index in [0.717, 1.165) is 17.9 Å². The molecular formula is C24H42N2S. The topological polar surface area (TPSA) is 6.48 Å². The summed E-state index contributed by atoms with van der Waals surface area (Å²) in [6.07, 6.45) is 5.50. The largest absolute Gasteiger partial charge is 0.300 e. The van der Waals surface area contributed by atoms with E-state index in [0.29, 0.717) is 0 Å². The molecule has 0 radical (unpaired) electrons. The standard InChI is InChI=1S/C22H36N2S.C2H6/c1-16(2)20-6-10-23(11-7-20)21-8-12-24(13-9-21)25-22-18(4)14-17(3)15-19(22)5;1-2/h14-16,20-21H,6-13H2,1-5H3;1-2H3. The first-order valence-corrected chi connectivity index (χ1v) is 12.0. The van der Waals surface area contributed by atoms with E-state index in [-0.39, 0.29) is 0 Å². The van der Waals surface area contributed by atoms with Crippen LogP contribution in [0.4, 0.5) is 0 Å². The van der Waals surface area contributed by atoms with E-state index in [1.807, 2.05) is 25.8 Å². The summed E-state index contributed by atoms with van der Waals surface area (Å²) in [5.41, 5.74) is 4.24. The molecule has 3 heteroatoms. The lowest BCUT2D eigenvalue weighted by Crippen LogP contribution is -2.46. The fourth-order valence-electron chi connectivity index (χ4n) is 4.69. The summed E-state index contributed by atoms with van der Waals surface area (Å²) < 4.78 is 2.60. The highest BCUT2D eigenvalue weighted by atomic mass is 32.2. The Morgan fingerprint density at radius 1 is 0.852 bits per heavy atom. The molecule has 0 unspecified atom stereocenters. The quantitative estimate of drug-likeness (QED) is 0.543. The zero-order chi connectivity index (χ0) is 20.0. The Labute approximate surface area is 173 Å². The lowest BCUT2D eigenvalue weighted by Gasteiger charge is -2.42.